The van der Waals surface area contributed by atoms with Gasteiger partial charge in [0.1, 0.15) is 0 Å². The summed E-state index contributed by atoms with van der Waals surface area (Å²) in [6.07, 6.45) is 3.55. The first-order chi connectivity index (χ1) is 9.97. The normalized spacial score (nSPS) is 21.9. The first-order valence-electron chi connectivity index (χ1n) is 7.50. The molecule has 1 aliphatic rings. The number of nitrogens with two attached hydrogens (primary N) is 1. The standard InChI is InChI=1S/C16H25N3O2/c1-19(2)15-7-6-12(9-14(15)17)16(21)18-10-11-4-3-5-13(20)8-11/h6-7,9,11,13,20H,3-5,8,10,17H2,1-2H3,(H,18,21). The summed E-state index contributed by atoms with van der Waals surface area (Å²) in [6, 6.07) is 5.35. The minimum atomic E-state index is -0.212. The number of hydrogen-bond donors (Lipinski definition) is 3. The van der Waals surface area contributed by atoms with Crippen LogP contribution in [0.5, 0.6) is 0 Å². The third kappa shape index (κ3) is 4.11. The third-order valence-corrected chi connectivity index (χ3v) is 4.08. The summed E-state index contributed by atoms with van der Waals surface area (Å²) in [7, 11) is 3.83. The van der Waals surface area contributed by atoms with E-state index in [1.54, 1.807) is 12.1 Å². The smallest absolute Gasteiger partial charge is 0.251 e. The van der Waals surface area contributed by atoms with Crippen molar-refractivity contribution in [3.8, 4) is 0 Å². The molecule has 1 aromatic rings. The second-order valence-electron chi connectivity index (χ2n) is 6.06. The monoisotopic (exact) mass is 291 g/mol. The van der Waals surface area contributed by atoms with E-state index in [2.05, 4.69) is 5.32 Å². The number of nitrogens with one attached hydrogen (secondary N) is 1. The number of nitrogens with zero attached hydrogens (tertiary/aromatic N) is 1. The Hall–Kier alpha value is -1.75. The average Bonchev–Trinajstić information content (AvgIpc) is 2.44. The maximum absolute atomic E-state index is 12.2. The summed E-state index contributed by atoms with van der Waals surface area (Å²) < 4.78 is 0. The second kappa shape index (κ2) is 6.80. The van der Waals surface area contributed by atoms with E-state index >= 15 is 0 Å². The highest BCUT2D eigenvalue weighted by molar-refractivity contribution is 5.96. The summed E-state index contributed by atoms with van der Waals surface area (Å²) in [5.41, 5.74) is 8.04. The van der Waals surface area contributed by atoms with Gasteiger partial charge in [-0.25, -0.2) is 0 Å². The maximum Gasteiger partial charge on any atom is 0.251 e. The number of benzene rings is 1. The molecule has 0 spiro atoms. The summed E-state index contributed by atoms with van der Waals surface area (Å²) >= 11 is 0. The maximum atomic E-state index is 12.2. The first kappa shape index (κ1) is 15.6. The van der Waals surface area contributed by atoms with Crippen LogP contribution in [0.1, 0.15) is 36.0 Å². The Labute approximate surface area is 126 Å². The van der Waals surface area contributed by atoms with Crippen LogP contribution in [0.25, 0.3) is 0 Å². The van der Waals surface area contributed by atoms with E-state index in [1.165, 1.54) is 0 Å². The number of nitrogen functional groups attached to an aromatic ring is 1. The van der Waals surface area contributed by atoms with Gasteiger partial charge in [0, 0.05) is 26.2 Å². The molecule has 0 saturated heterocycles. The summed E-state index contributed by atoms with van der Waals surface area (Å²) in [5, 5.41) is 12.6. The zero-order chi connectivity index (χ0) is 15.4. The van der Waals surface area contributed by atoms with E-state index in [0.29, 0.717) is 23.7 Å². The third-order valence-electron chi connectivity index (χ3n) is 4.08. The lowest BCUT2D eigenvalue weighted by Gasteiger charge is -2.26. The Morgan fingerprint density at radius 3 is 2.81 bits per heavy atom. The molecule has 0 aromatic heterocycles. The van der Waals surface area contributed by atoms with Crippen molar-refractivity contribution in [2.45, 2.75) is 31.8 Å². The Kier molecular flexibility index (Phi) is 5.07. The molecule has 0 aliphatic heterocycles. The molecule has 0 heterocycles. The van der Waals surface area contributed by atoms with E-state index in [-0.39, 0.29) is 12.0 Å². The van der Waals surface area contributed by atoms with Gasteiger partial charge in [0.25, 0.3) is 5.91 Å². The number of carbonyl (C=O) groups excluding carboxylic acids is 1. The van der Waals surface area contributed by atoms with Crippen molar-refractivity contribution in [3.05, 3.63) is 23.8 Å². The SMILES string of the molecule is CN(C)c1ccc(C(=O)NCC2CCCC(O)C2)cc1N. The lowest BCUT2D eigenvalue weighted by Crippen LogP contribution is -2.33. The Morgan fingerprint density at radius 2 is 2.19 bits per heavy atom. The number of aliphatic hydroxyl groups is 1. The predicted octanol–water partition coefficient (Wildman–Crippen LogP) is 1.62. The van der Waals surface area contributed by atoms with Crippen LogP contribution >= 0.6 is 0 Å². The molecule has 1 saturated carbocycles. The first-order valence-corrected chi connectivity index (χ1v) is 7.50. The molecule has 21 heavy (non-hydrogen) atoms. The Balaban J connectivity index is 1.92. The molecule has 1 amide bonds. The van der Waals surface area contributed by atoms with Gasteiger partial charge >= 0.3 is 0 Å². The predicted molar refractivity (Wildman–Crippen MR) is 85.5 cm³/mol. The topological polar surface area (TPSA) is 78.6 Å². The number of carbonyl (C=O) groups is 1. The van der Waals surface area contributed by atoms with Gasteiger partial charge in [-0.2, -0.15) is 0 Å². The molecule has 5 heteroatoms. The Bertz CT molecular complexity index is 502. The molecule has 2 rings (SSSR count). The minimum absolute atomic E-state index is 0.105. The van der Waals surface area contributed by atoms with Crippen LogP contribution in [-0.2, 0) is 0 Å². The van der Waals surface area contributed by atoms with Gasteiger partial charge in [0.05, 0.1) is 17.5 Å². The van der Waals surface area contributed by atoms with Gasteiger partial charge in [0.15, 0.2) is 0 Å². The Morgan fingerprint density at radius 1 is 1.43 bits per heavy atom. The summed E-state index contributed by atoms with van der Waals surface area (Å²) in [6.45, 7) is 0.616. The van der Waals surface area contributed by atoms with E-state index in [9.17, 15) is 9.90 Å². The second-order valence-corrected chi connectivity index (χ2v) is 6.06. The van der Waals surface area contributed by atoms with E-state index in [4.69, 9.17) is 5.73 Å². The van der Waals surface area contributed by atoms with Crippen molar-refractivity contribution in [1.82, 2.24) is 5.32 Å². The number of amides is 1. The number of aliphatic hydroxyl groups excluding tert-OH is 1. The molecule has 0 radical (unpaired) electrons. The fraction of sp³-hybridized carbons (Fsp3) is 0.562. The van der Waals surface area contributed by atoms with Crippen LogP contribution in [0.4, 0.5) is 11.4 Å². The van der Waals surface area contributed by atoms with Crippen molar-refractivity contribution in [3.63, 3.8) is 0 Å². The van der Waals surface area contributed by atoms with Crippen molar-refractivity contribution in [2.24, 2.45) is 5.92 Å². The van der Waals surface area contributed by atoms with Gasteiger partial charge in [-0.05, 0) is 43.4 Å². The molecule has 4 N–H and O–H groups in total. The average molecular weight is 291 g/mol. The quantitative estimate of drug-likeness (QED) is 0.737. The molecule has 1 aromatic carbocycles. The highest BCUT2D eigenvalue weighted by atomic mass is 16.3. The fourth-order valence-electron chi connectivity index (χ4n) is 2.89. The lowest BCUT2D eigenvalue weighted by atomic mass is 9.87. The van der Waals surface area contributed by atoms with Gasteiger partial charge in [0.2, 0.25) is 0 Å². The van der Waals surface area contributed by atoms with Crippen molar-refractivity contribution in [1.29, 1.82) is 0 Å². The summed E-state index contributed by atoms with van der Waals surface area (Å²) in [4.78, 5) is 14.1. The molecule has 5 nitrogen and oxygen atoms in total. The zero-order valence-electron chi connectivity index (χ0n) is 12.8. The van der Waals surface area contributed by atoms with E-state index < -0.39 is 0 Å². The van der Waals surface area contributed by atoms with Crippen molar-refractivity contribution < 1.29 is 9.90 Å². The highest BCUT2D eigenvalue weighted by Gasteiger charge is 2.20. The molecule has 0 bridgehead atoms. The van der Waals surface area contributed by atoms with Gasteiger partial charge in [-0.1, -0.05) is 6.42 Å². The van der Waals surface area contributed by atoms with Crippen molar-refractivity contribution >= 4 is 17.3 Å². The van der Waals surface area contributed by atoms with Crippen LogP contribution in [-0.4, -0.2) is 37.8 Å². The van der Waals surface area contributed by atoms with Crippen LogP contribution in [0, 0.1) is 5.92 Å². The van der Waals surface area contributed by atoms with Gasteiger partial charge < -0.3 is 21.1 Å². The van der Waals surface area contributed by atoms with Gasteiger partial charge in [-0.3, -0.25) is 4.79 Å². The van der Waals surface area contributed by atoms with Gasteiger partial charge in [-0.15, -0.1) is 0 Å². The van der Waals surface area contributed by atoms with E-state index in [1.807, 2.05) is 25.1 Å². The molecular weight excluding hydrogens is 266 g/mol. The van der Waals surface area contributed by atoms with Crippen LogP contribution in [0.2, 0.25) is 0 Å². The lowest BCUT2D eigenvalue weighted by molar-refractivity contribution is 0.0874. The zero-order valence-corrected chi connectivity index (χ0v) is 12.8. The number of rotatable bonds is 4. The van der Waals surface area contributed by atoms with Crippen LogP contribution < -0.4 is 16.0 Å². The van der Waals surface area contributed by atoms with Crippen LogP contribution in [0.15, 0.2) is 18.2 Å². The number of hydrogen-bond acceptors (Lipinski definition) is 4. The molecular formula is C16H25N3O2. The largest absolute Gasteiger partial charge is 0.397 e. The highest BCUT2D eigenvalue weighted by Crippen LogP contribution is 2.24. The number of anilines is 2. The van der Waals surface area contributed by atoms with Crippen molar-refractivity contribution in [2.75, 3.05) is 31.3 Å². The molecule has 2 atom stereocenters. The minimum Gasteiger partial charge on any atom is -0.397 e. The molecule has 1 fully saturated rings. The fourth-order valence-corrected chi connectivity index (χ4v) is 2.89. The summed E-state index contributed by atoms with van der Waals surface area (Å²) in [5.74, 6) is 0.267. The molecule has 1 aliphatic carbocycles. The van der Waals surface area contributed by atoms with Crippen LogP contribution in [0.3, 0.4) is 0 Å². The molecule has 2 unspecified atom stereocenters. The van der Waals surface area contributed by atoms with E-state index in [0.717, 1.165) is 31.4 Å². The molecule has 116 valence electrons.